The summed E-state index contributed by atoms with van der Waals surface area (Å²) < 4.78 is 0. The topological polar surface area (TPSA) is 41.1 Å². The molecule has 2 N–H and O–H groups in total. The highest BCUT2D eigenvalue weighted by Crippen LogP contribution is 2.19. The monoisotopic (exact) mass is 238 g/mol. The summed E-state index contributed by atoms with van der Waals surface area (Å²) in [4.78, 5) is 11.6. The lowest BCUT2D eigenvalue weighted by Gasteiger charge is -2.16. The summed E-state index contributed by atoms with van der Waals surface area (Å²) in [6, 6.07) is -0.0780. The summed E-state index contributed by atoms with van der Waals surface area (Å²) in [5.41, 5.74) is 1.56. The van der Waals surface area contributed by atoms with Crippen molar-refractivity contribution in [2.75, 3.05) is 13.1 Å². The molecule has 1 atom stereocenters. The van der Waals surface area contributed by atoms with Gasteiger partial charge in [0, 0.05) is 6.54 Å². The number of carbonyl (C=O) groups is 1. The number of carbonyl (C=O) groups excluding carboxylic acids is 1. The summed E-state index contributed by atoms with van der Waals surface area (Å²) in [5.74, 6) is 0.115. The first-order chi connectivity index (χ1) is 8.24. The third-order valence-corrected chi connectivity index (χ3v) is 3.22. The van der Waals surface area contributed by atoms with Crippen LogP contribution >= 0.6 is 0 Å². The van der Waals surface area contributed by atoms with Gasteiger partial charge in [-0.2, -0.15) is 0 Å². The molecule has 98 valence electrons. The quantitative estimate of drug-likeness (QED) is 0.669. The number of hydrogen-bond acceptors (Lipinski definition) is 2. The van der Waals surface area contributed by atoms with Crippen LogP contribution in [0.5, 0.6) is 0 Å². The van der Waals surface area contributed by atoms with Crippen LogP contribution in [0.25, 0.3) is 0 Å². The zero-order chi connectivity index (χ0) is 12.5. The molecule has 0 bridgehead atoms. The van der Waals surface area contributed by atoms with Crippen molar-refractivity contribution in [3.63, 3.8) is 0 Å². The first-order valence-corrected chi connectivity index (χ1v) is 6.93. The summed E-state index contributed by atoms with van der Waals surface area (Å²) in [7, 11) is 0. The molecule has 0 saturated heterocycles. The smallest absolute Gasteiger partial charge is 0.236 e. The molecule has 3 heteroatoms. The van der Waals surface area contributed by atoms with Crippen LogP contribution in [0.2, 0.25) is 0 Å². The zero-order valence-electron chi connectivity index (χ0n) is 11.2. The fraction of sp³-hybridized carbons (Fsp3) is 0.786. The van der Waals surface area contributed by atoms with Crippen LogP contribution in [-0.4, -0.2) is 25.0 Å². The summed E-state index contributed by atoms with van der Waals surface area (Å²) in [5, 5.41) is 6.19. The molecule has 0 aromatic heterocycles. The van der Waals surface area contributed by atoms with Crippen LogP contribution in [0, 0.1) is 0 Å². The second kappa shape index (κ2) is 8.29. The third kappa shape index (κ3) is 5.87. The molecule has 1 aliphatic carbocycles. The summed E-state index contributed by atoms with van der Waals surface area (Å²) >= 11 is 0. The molecule has 1 aliphatic rings. The lowest BCUT2D eigenvalue weighted by molar-refractivity contribution is -0.122. The predicted octanol–water partition coefficient (Wildman–Crippen LogP) is 2.38. The van der Waals surface area contributed by atoms with E-state index in [9.17, 15) is 4.79 Å². The van der Waals surface area contributed by atoms with Gasteiger partial charge in [0.1, 0.15) is 0 Å². The van der Waals surface area contributed by atoms with Crippen LogP contribution < -0.4 is 10.6 Å². The Balaban J connectivity index is 2.12. The van der Waals surface area contributed by atoms with Crippen molar-refractivity contribution in [1.82, 2.24) is 10.6 Å². The maximum absolute atomic E-state index is 11.6. The SMILES string of the molecule is CCCNC(=O)C(C)NCCC1=CCCCC1. The van der Waals surface area contributed by atoms with Crippen molar-refractivity contribution in [3.8, 4) is 0 Å². The van der Waals surface area contributed by atoms with Gasteiger partial charge in [-0.05, 0) is 52.0 Å². The van der Waals surface area contributed by atoms with Gasteiger partial charge < -0.3 is 10.6 Å². The van der Waals surface area contributed by atoms with Gasteiger partial charge in [-0.15, -0.1) is 0 Å². The lowest BCUT2D eigenvalue weighted by atomic mass is 9.97. The van der Waals surface area contributed by atoms with Crippen LogP contribution in [0.1, 0.15) is 52.4 Å². The third-order valence-electron chi connectivity index (χ3n) is 3.22. The van der Waals surface area contributed by atoms with Crippen molar-refractivity contribution >= 4 is 5.91 Å². The summed E-state index contributed by atoms with van der Waals surface area (Å²) in [6.07, 6.45) is 9.61. The van der Waals surface area contributed by atoms with E-state index in [4.69, 9.17) is 0 Å². The Morgan fingerprint density at radius 2 is 2.24 bits per heavy atom. The largest absolute Gasteiger partial charge is 0.355 e. The molecule has 0 radical (unpaired) electrons. The van der Waals surface area contributed by atoms with E-state index in [1.807, 2.05) is 6.92 Å². The second-order valence-electron chi connectivity index (χ2n) is 4.82. The van der Waals surface area contributed by atoms with Gasteiger partial charge in [0.05, 0.1) is 6.04 Å². The first-order valence-electron chi connectivity index (χ1n) is 6.93. The van der Waals surface area contributed by atoms with E-state index < -0.39 is 0 Å². The second-order valence-corrected chi connectivity index (χ2v) is 4.82. The number of rotatable bonds is 7. The van der Waals surface area contributed by atoms with Crippen LogP contribution in [-0.2, 0) is 4.79 Å². The van der Waals surface area contributed by atoms with Crippen LogP contribution in [0.3, 0.4) is 0 Å². The minimum absolute atomic E-state index is 0.0780. The van der Waals surface area contributed by atoms with Crippen molar-refractivity contribution in [2.24, 2.45) is 0 Å². The lowest BCUT2D eigenvalue weighted by Crippen LogP contribution is -2.42. The van der Waals surface area contributed by atoms with Crippen molar-refractivity contribution in [3.05, 3.63) is 11.6 Å². The van der Waals surface area contributed by atoms with E-state index in [0.717, 1.165) is 25.9 Å². The number of nitrogens with one attached hydrogen (secondary N) is 2. The van der Waals surface area contributed by atoms with Gasteiger partial charge in [-0.3, -0.25) is 4.79 Å². The first kappa shape index (κ1) is 14.2. The van der Waals surface area contributed by atoms with Gasteiger partial charge in [-0.1, -0.05) is 18.6 Å². The molecule has 1 unspecified atom stereocenters. The van der Waals surface area contributed by atoms with Crippen LogP contribution in [0.4, 0.5) is 0 Å². The average Bonchev–Trinajstić information content (AvgIpc) is 2.37. The van der Waals surface area contributed by atoms with E-state index >= 15 is 0 Å². The molecule has 0 spiro atoms. The minimum Gasteiger partial charge on any atom is -0.355 e. The maximum atomic E-state index is 11.6. The minimum atomic E-state index is -0.0780. The highest BCUT2D eigenvalue weighted by molar-refractivity contribution is 5.81. The molecular formula is C14H26N2O. The van der Waals surface area contributed by atoms with Gasteiger partial charge in [0.15, 0.2) is 0 Å². The van der Waals surface area contributed by atoms with E-state index in [-0.39, 0.29) is 11.9 Å². The Kier molecular flexibility index (Phi) is 6.94. The molecular weight excluding hydrogens is 212 g/mol. The Hall–Kier alpha value is -0.830. The van der Waals surface area contributed by atoms with E-state index in [2.05, 4.69) is 23.6 Å². The van der Waals surface area contributed by atoms with Crippen molar-refractivity contribution in [2.45, 2.75) is 58.4 Å². The fourth-order valence-electron chi connectivity index (χ4n) is 2.07. The summed E-state index contributed by atoms with van der Waals surface area (Å²) in [6.45, 7) is 5.68. The van der Waals surface area contributed by atoms with Gasteiger partial charge in [0.2, 0.25) is 5.91 Å². The Labute approximate surface area is 105 Å². The Morgan fingerprint density at radius 3 is 2.88 bits per heavy atom. The highest BCUT2D eigenvalue weighted by atomic mass is 16.2. The predicted molar refractivity (Wildman–Crippen MR) is 71.9 cm³/mol. The Bertz CT molecular complexity index is 261. The normalized spacial score (nSPS) is 17.4. The number of allylic oxidation sites excluding steroid dienone is 1. The maximum Gasteiger partial charge on any atom is 0.236 e. The van der Waals surface area contributed by atoms with Gasteiger partial charge >= 0.3 is 0 Å². The molecule has 0 heterocycles. The highest BCUT2D eigenvalue weighted by Gasteiger charge is 2.11. The van der Waals surface area contributed by atoms with E-state index in [1.165, 1.54) is 25.7 Å². The van der Waals surface area contributed by atoms with Crippen LogP contribution in [0.15, 0.2) is 11.6 Å². The molecule has 0 aromatic rings. The van der Waals surface area contributed by atoms with Crippen molar-refractivity contribution in [1.29, 1.82) is 0 Å². The molecule has 0 aromatic carbocycles. The molecule has 0 fully saturated rings. The zero-order valence-corrected chi connectivity index (χ0v) is 11.2. The molecule has 17 heavy (non-hydrogen) atoms. The average molecular weight is 238 g/mol. The molecule has 1 amide bonds. The van der Waals surface area contributed by atoms with E-state index in [0.29, 0.717) is 0 Å². The molecule has 0 saturated carbocycles. The number of amides is 1. The van der Waals surface area contributed by atoms with Crippen molar-refractivity contribution < 1.29 is 4.79 Å². The number of hydrogen-bond donors (Lipinski definition) is 2. The van der Waals surface area contributed by atoms with E-state index in [1.54, 1.807) is 5.57 Å². The van der Waals surface area contributed by atoms with Gasteiger partial charge in [0.25, 0.3) is 0 Å². The van der Waals surface area contributed by atoms with Gasteiger partial charge in [-0.25, -0.2) is 0 Å². The molecule has 0 aliphatic heterocycles. The Morgan fingerprint density at radius 1 is 1.41 bits per heavy atom. The molecule has 3 nitrogen and oxygen atoms in total. The molecule has 1 rings (SSSR count). The fourth-order valence-corrected chi connectivity index (χ4v) is 2.07. The standard InChI is InChI=1S/C14H26N2O/c1-3-10-16-14(17)12(2)15-11-9-13-7-5-4-6-8-13/h7,12,15H,3-6,8-11H2,1-2H3,(H,16,17).